The molecule has 3 nitrogen and oxygen atoms in total. The zero-order chi connectivity index (χ0) is 7.33. The predicted molar refractivity (Wildman–Crippen MR) is 37.4 cm³/mol. The molecule has 0 saturated carbocycles. The first-order valence-corrected chi connectivity index (χ1v) is 4.78. The van der Waals surface area contributed by atoms with Gasteiger partial charge in [0.2, 0.25) is 0 Å². The van der Waals surface area contributed by atoms with Crippen LogP contribution in [0.5, 0.6) is 0 Å². The van der Waals surface area contributed by atoms with Crippen molar-refractivity contribution < 1.29 is 8.42 Å². The van der Waals surface area contributed by atoms with E-state index >= 15 is 0 Å². The number of rotatable bonds is 4. The van der Waals surface area contributed by atoms with Crippen LogP contribution in [0.2, 0.25) is 0 Å². The highest BCUT2D eigenvalue weighted by Gasteiger charge is 1.98. The SMILES string of the molecule is CCCN[CH]S(C)(=O)=O. The Hall–Kier alpha value is -0.0900. The molecule has 0 fully saturated rings. The van der Waals surface area contributed by atoms with Gasteiger partial charge in [0.05, 0.1) is 0 Å². The third-order valence-electron chi connectivity index (χ3n) is 0.692. The first kappa shape index (κ1) is 8.91. The molecule has 0 bridgehead atoms. The number of hydrogen-bond donors (Lipinski definition) is 1. The lowest BCUT2D eigenvalue weighted by molar-refractivity contribution is 0.601. The van der Waals surface area contributed by atoms with Crippen LogP contribution in [0.3, 0.4) is 0 Å². The fourth-order valence-corrected chi connectivity index (χ4v) is 0.775. The molecule has 0 saturated heterocycles. The molecular formula is C5H12NO2S. The molecule has 0 atom stereocenters. The fraction of sp³-hybridized carbons (Fsp3) is 0.800. The zero-order valence-corrected chi connectivity index (χ0v) is 6.53. The molecule has 0 aromatic rings. The Balaban J connectivity index is 3.30. The van der Waals surface area contributed by atoms with Gasteiger partial charge in [0.25, 0.3) is 0 Å². The Morgan fingerprint density at radius 3 is 2.44 bits per heavy atom. The predicted octanol–water partition coefficient (Wildman–Crippen LogP) is 0.150. The summed E-state index contributed by atoms with van der Waals surface area (Å²) in [5.74, 6) is 1.12. The van der Waals surface area contributed by atoms with E-state index in [1.54, 1.807) is 0 Å². The molecule has 1 radical (unpaired) electrons. The van der Waals surface area contributed by atoms with Gasteiger partial charge in [-0.05, 0) is 13.0 Å². The zero-order valence-electron chi connectivity index (χ0n) is 5.72. The van der Waals surface area contributed by atoms with Gasteiger partial charge in [0, 0.05) is 6.26 Å². The maximum atomic E-state index is 10.4. The molecule has 0 spiro atoms. The number of hydrogen-bond acceptors (Lipinski definition) is 3. The lowest BCUT2D eigenvalue weighted by Gasteiger charge is -1.96. The fourth-order valence-electron chi connectivity index (χ4n) is 0.355. The summed E-state index contributed by atoms with van der Waals surface area (Å²) in [7, 11) is -2.93. The van der Waals surface area contributed by atoms with Crippen molar-refractivity contribution in [2.24, 2.45) is 0 Å². The van der Waals surface area contributed by atoms with E-state index in [-0.39, 0.29) is 0 Å². The lowest BCUT2D eigenvalue weighted by atomic mass is 10.5. The minimum absolute atomic E-state index is 0.715. The van der Waals surface area contributed by atoms with Crippen LogP contribution >= 0.6 is 0 Å². The van der Waals surface area contributed by atoms with Crippen LogP contribution in [0.4, 0.5) is 0 Å². The van der Waals surface area contributed by atoms with Crippen molar-refractivity contribution in [2.75, 3.05) is 12.8 Å². The van der Waals surface area contributed by atoms with Crippen molar-refractivity contribution in [1.82, 2.24) is 5.32 Å². The average molecular weight is 150 g/mol. The molecule has 0 aromatic carbocycles. The van der Waals surface area contributed by atoms with Gasteiger partial charge in [0.15, 0.2) is 9.84 Å². The summed E-state index contributed by atoms with van der Waals surface area (Å²) in [6.07, 6.45) is 2.10. The van der Waals surface area contributed by atoms with Crippen LogP contribution in [-0.2, 0) is 9.84 Å². The second-order valence-electron chi connectivity index (χ2n) is 1.90. The molecule has 0 aliphatic rings. The van der Waals surface area contributed by atoms with Crippen molar-refractivity contribution in [3.8, 4) is 0 Å². The van der Waals surface area contributed by atoms with E-state index in [9.17, 15) is 8.42 Å². The largest absolute Gasteiger partial charge is 0.299 e. The van der Waals surface area contributed by atoms with Gasteiger partial charge < -0.3 is 0 Å². The third-order valence-corrected chi connectivity index (χ3v) is 1.29. The van der Waals surface area contributed by atoms with Crippen LogP contribution in [0, 0.1) is 5.88 Å². The molecule has 0 unspecified atom stereocenters. The van der Waals surface area contributed by atoms with Gasteiger partial charge in [-0.1, -0.05) is 6.92 Å². The third kappa shape index (κ3) is 7.91. The summed E-state index contributed by atoms with van der Waals surface area (Å²) in [6.45, 7) is 2.69. The molecular weight excluding hydrogens is 138 g/mol. The Morgan fingerprint density at radius 2 is 2.11 bits per heavy atom. The Bertz CT molecular complexity index is 150. The normalized spacial score (nSPS) is 11.8. The van der Waals surface area contributed by atoms with Crippen molar-refractivity contribution in [3.63, 3.8) is 0 Å². The minimum atomic E-state index is -2.93. The second kappa shape index (κ2) is 3.85. The van der Waals surface area contributed by atoms with E-state index in [1.165, 1.54) is 0 Å². The summed E-state index contributed by atoms with van der Waals surface area (Å²) in [4.78, 5) is 0. The van der Waals surface area contributed by atoms with Crippen LogP contribution in [-0.4, -0.2) is 21.2 Å². The first-order chi connectivity index (χ1) is 4.06. The van der Waals surface area contributed by atoms with Gasteiger partial charge in [-0.3, -0.25) is 5.32 Å². The van der Waals surface area contributed by atoms with Crippen LogP contribution < -0.4 is 5.32 Å². The Kier molecular flexibility index (Phi) is 3.81. The van der Waals surface area contributed by atoms with Crippen LogP contribution in [0.25, 0.3) is 0 Å². The summed E-state index contributed by atoms with van der Waals surface area (Å²) in [5, 5.41) is 2.66. The molecule has 4 heteroatoms. The van der Waals surface area contributed by atoms with E-state index in [4.69, 9.17) is 0 Å². The lowest BCUT2D eigenvalue weighted by Crippen LogP contribution is -2.16. The van der Waals surface area contributed by atoms with Crippen LogP contribution in [0.15, 0.2) is 0 Å². The minimum Gasteiger partial charge on any atom is -0.299 e. The van der Waals surface area contributed by atoms with Crippen molar-refractivity contribution >= 4 is 9.84 Å². The van der Waals surface area contributed by atoms with Crippen molar-refractivity contribution in [3.05, 3.63) is 5.88 Å². The molecule has 0 aromatic heterocycles. The molecule has 9 heavy (non-hydrogen) atoms. The van der Waals surface area contributed by atoms with Crippen molar-refractivity contribution in [2.45, 2.75) is 13.3 Å². The maximum Gasteiger partial charge on any atom is 0.165 e. The highest BCUT2D eigenvalue weighted by Crippen LogP contribution is 1.83. The average Bonchev–Trinajstić information content (AvgIpc) is 1.63. The summed E-state index contributed by atoms with van der Waals surface area (Å²) < 4.78 is 20.8. The van der Waals surface area contributed by atoms with Gasteiger partial charge in [-0.2, -0.15) is 0 Å². The quantitative estimate of drug-likeness (QED) is 0.580. The maximum absolute atomic E-state index is 10.4. The summed E-state index contributed by atoms with van der Waals surface area (Å²) >= 11 is 0. The standard InChI is InChI=1S/C5H12NO2S/c1-3-4-6-5-9(2,7)8/h5-6H,3-4H2,1-2H3. The highest BCUT2D eigenvalue weighted by atomic mass is 32.2. The Labute approximate surface area is 56.4 Å². The number of nitrogens with one attached hydrogen (secondary N) is 1. The van der Waals surface area contributed by atoms with E-state index in [1.807, 2.05) is 6.92 Å². The van der Waals surface area contributed by atoms with Gasteiger partial charge >= 0.3 is 0 Å². The van der Waals surface area contributed by atoms with Gasteiger partial charge in [-0.15, -0.1) is 0 Å². The second-order valence-corrected chi connectivity index (χ2v) is 3.80. The highest BCUT2D eigenvalue weighted by molar-refractivity contribution is 7.92. The molecule has 0 amide bonds. The van der Waals surface area contributed by atoms with Crippen molar-refractivity contribution in [1.29, 1.82) is 0 Å². The van der Waals surface area contributed by atoms with E-state index in [2.05, 4.69) is 5.32 Å². The monoisotopic (exact) mass is 150 g/mol. The molecule has 0 aliphatic carbocycles. The van der Waals surface area contributed by atoms with Gasteiger partial charge in [-0.25, -0.2) is 8.42 Å². The molecule has 0 heterocycles. The molecule has 0 rings (SSSR count). The summed E-state index contributed by atoms with van der Waals surface area (Å²) in [6, 6.07) is 0. The smallest absolute Gasteiger partial charge is 0.165 e. The van der Waals surface area contributed by atoms with E-state index < -0.39 is 9.84 Å². The van der Waals surface area contributed by atoms with Gasteiger partial charge in [0.1, 0.15) is 5.88 Å². The summed E-state index contributed by atoms with van der Waals surface area (Å²) in [5.41, 5.74) is 0. The number of sulfone groups is 1. The molecule has 1 N–H and O–H groups in total. The first-order valence-electron chi connectivity index (χ1n) is 2.83. The molecule has 55 valence electrons. The van der Waals surface area contributed by atoms with E-state index in [0.29, 0.717) is 6.54 Å². The van der Waals surface area contributed by atoms with E-state index in [0.717, 1.165) is 18.6 Å². The van der Waals surface area contributed by atoms with Crippen LogP contribution in [0.1, 0.15) is 13.3 Å². The Morgan fingerprint density at radius 1 is 1.56 bits per heavy atom. The topological polar surface area (TPSA) is 46.2 Å². The molecule has 0 aliphatic heterocycles.